The van der Waals surface area contributed by atoms with Gasteiger partial charge in [-0.15, -0.1) is 0 Å². The number of fused-ring (bicyclic) bond motifs is 1. The lowest BCUT2D eigenvalue weighted by Gasteiger charge is -2.17. The maximum absolute atomic E-state index is 12.6. The molecule has 2 aromatic carbocycles. The summed E-state index contributed by atoms with van der Waals surface area (Å²) in [5, 5.41) is 13.4. The fraction of sp³-hybridized carbons (Fsp3) is 0.412. The van der Waals surface area contributed by atoms with Crippen LogP contribution in [-0.2, 0) is 10.0 Å². The van der Waals surface area contributed by atoms with Gasteiger partial charge in [0.2, 0.25) is 10.0 Å². The number of nitrogens with one attached hydrogen (secondary N) is 2. The molecule has 132 valence electrons. The van der Waals surface area contributed by atoms with Crippen LogP contribution in [0, 0.1) is 0 Å². The van der Waals surface area contributed by atoms with Crippen molar-refractivity contribution in [1.29, 1.82) is 0 Å². The topological polar surface area (TPSA) is 81.7 Å². The molecule has 0 atom stereocenters. The zero-order valence-corrected chi connectivity index (χ0v) is 14.9. The quantitative estimate of drug-likeness (QED) is 0.591. The Morgan fingerprint density at radius 2 is 1.71 bits per heavy atom. The van der Waals surface area contributed by atoms with Crippen LogP contribution in [0.4, 0.5) is 5.69 Å². The van der Waals surface area contributed by atoms with Crippen molar-refractivity contribution in [1.82, 2.24) is 10.0 Å². The Bertz CT molecular complexity index is 776. The average Bonchev–Trinajstić information content (AvgIpc) is 2.56. The molecule has 0 aromatic heterocycles. The van der Waals surface area contributed by atoms with Gasteiger partial charge in [0.1, 0.15) is 0 Å². The second kappa shape index (κ2) is 8.43. The summed E-state index contributed by atoms with van der Waals surface area (Å²) in [6.45, 7) is 1.62. The van der Waals surface area contributed by atoms with Gasteiger partial charge in [-0.05, 0) is 25.1 Å². The zero-order chi connectivity index (χ0) is 17.6. The lowest BCUT2D eigenvalue weighted by atomic mass is 10.1. The number of aliphatic hydroxyl groups excluding tert-OH is 1. The van der Waals surface area contributed by atoms with Crippen LogP contribution in [0.2, 0.25) is 0 Å². The average molecular weight is 351 g/mol. The number of aliphatic hydroxyl groups is 1. The van der Waals surface area contributed by atoms with Gasteiger partial charge >= 0.3 is 0 Å². The van der Waals surface area contributed by atoms with Crippen molar-refractivity contribution < 1.29 is 13.5 Å². The minimum atomic E-state index is -3.58. The summed E-state index contributed by atoms with van der Waals surface area (Å²) >= 11 is 0. The molecule has 7 heteroatoms. The number of anilines is 1. The molecule has 3 N–H and O–H groups in total. The van der Waals surface area contributed by atoms with Gasteiger partial charge in [-0.3, -0.25) is 0 Å². The third-order valence-corrected chi connectivity index (χ3v) is 5.26. The van der Waals surface area contributed by atoms with E-state index < -0.39 is 10.0 Å². The van der Waals surface area contributed by atoms with E-state index in [1.165, 1.54) is 0 Å². The van der Waals surface area contributed by atoms with E-state index in [0.717, 1.165) is 11.1 Å². The number of hydrogen-bond donors (Lipinski definition) is 3. The molecule has 0 spiro atoms. The lowest BCUT2D eigenvalue weighted by Crippen LogP contribution is -2.32. The van der Waals surface area contributed by atoms with Crippen LogP contribution in [0.1, 0.15) is 6.42 Å². The molecule has 0 amide bonds. The van der Waals surface area contributed by atoms with E-state index >= 15 is 0 Å². The molecule has 0 aliphatic heterocycles. The zero-order valence-electron chi connectivity index (χ0n) is 14.1. The van der Waals surface area contributed by atoms with E-state index in [2.05, 4.69) is 10.0 Å². The highest BCUT2D eigenvalue weighted by Gasteiger charge is 2.17. The Morgan fingerprint density at radius 1 is 1.00 bits per heavy atom. The van der Waals surface area contributed by atoms with Crippen LogP contribution in [-0.4, -0.2) is 53.9 Å². The molecule has 0 aliphatic rings. The molecule has 0 fully saturated rings. The van der Waals surface area contributed by atoms with Gasteiger partial charge in [0.25, 0.3) is 0 Å². The molecular weight excluding hydrogens is 326 g/mol. The molecule has 0 unspecified atom stereocenters. The molecule has 0 aliphatic carbocycles. The highest BCUT2D eigenvalue weighted by atomic mass is 32.2. The largest absolute Gasteiger partial charge is 0.396 e. The first-order valence-electron chi connectivity index (χ1n) is 7.97. The maximum atomic E-state index is 12.6. The van der Waals surface area contributed by atoms with Gasteiger partial charge in [0.15, 0.2) is 0 Å². The first-order chi connectivity index (χ1) is 11.5. The Morgan fingerprint density at radius 3 is 2.42 bits per heavy atom. The molecule has 2 rings (SSSR count). The summed E-state index contributed by atoms with van der Waals surface area (Å²) in [7, 11) is 0.294. The second-order valence-corrected chi connectivity index (χ2v) is 7.48. The minimum absolute atomic E-state index is 0.128. The molecule has 0 bridgehead atoms. The van der Waals surface area contributed by atoms with Crippen molar-refractivity contribution in [3.05, 3.63) is 36.4 Å². The third kappa shape index (κ3) is 4.45. The summed E-state index contributed by atoms with van der Waals surface area (Å²) in [5.41, 5.74) is 0.982. The van der Waals surface area contributed by atoms with Gasteiger partial charge < -0.3 is 15.3 Å². The lowest BCUT2D eigenvalue weighted by molar-refractivity contribution is 0.286. The molecule has 0 heterocycles. The first-order valence-corrected chi connectivity index (χ1v) is 9.46. The Kier molecular flexibility index (Phi) is 6.56. The van der Waals surface area contributed by atoms with Crippen LogP contribution >= 0.6 is 0 Å². The Hall–Kier alpha value is -1.67. The second-order valence-electron chi connectivity index (χ2n) is 5.75. The van der Waals surface area contributed by atoms with Crippen LogP contribution < -0.4 is 14.9 Å². The predicted octanol–water partition coefficient (Wildman–Crippen LogP) is 1.16. The highest BCUT2D eigenvalue weighted by Crippen LogP contribution is 2.29. The molecule has 2 aromatic rings. The van der Waals surface area contributed by atoms with Crippen molar-refractivity contribution in [2.45, 2.75) is 11.3 Å². The monoisotopic (exact) mass is 351 g/mol. The summed E-state index contributed by atoms with van der Waals surface area (Å²) in [5.74, 6) is 0. The van der Waals surface area contributed by atoms with Crippen LogP contribution in [0.3, 0.4) is 0 Å². The van der Waals surface area contributed by atoms with Gasteiger partial charge in [0.05, 0.1) is 4.90 Å². The molecule has 0 saturated carbocycles. The first kappa shape index (κ1) is 18.7. The fourth-order valence-corrected chi connectivity index (χ4v) is 3.82. The summed E-state index contributed by atoms with van der Waals surface area (Å²) < 4.78 is 27.9. The smallest absolute Gasteiger partial charge is 0.241 e. The Labute approximate surface area is 143 Å². The molecular formula is C17H25N3O3S. The van der Waals surface area contributed by atoms with Crippen LogP contribution in [0.15, 0.2) is 41.3 Å². The van der Waals surface area contributed by atoms with E-state index in [1.54, 1.807) is 12.1 Å². The normalized spacial score (nSPS) is 11.8. The van der Waals surface area contributed by atoms with Crippen molar-refractivity contribution in [3.8, 4) is 0 Å². The maximum Gasteiger partial charge on any atom is 0.241 e. The fourth-order valence-electron chi connectivity index (χ4n) is 2.57. The highest BCUT2D eigenvalue weighted by molar-refractivity contribution is 7.89. The number of benzene rings is 2. The summed E-state index contributed by atoms with van der Waals surface area (Å²) in [4.78, 5) is 2.26. The van der Waals surface area contributed by atoms with Crippen molar-refractivity contribution >= 4 is 26.5 Å². The van der Waals surface area contributed by atoms with Gasteiger partial charge in [-0.2, -0.15) is 0 Å². The van der Waals surface area contributed by atoms with Crippen LogP contribution in [0.25, 0.3) is 10.8 Å². The summed E-state index contributed by atoms with van der Waals surface area (Å²) in [6, 6.07) is 11.0. The minimum Gasteiger partial charge on any atom is -0.396 e. The molecule has 6 nitrogen and oxygen atoms in total. The van der Waals surface area contributed by atoms with E-state index in [4.69, 9.17) is 5.11 Å². The molecule has 0 radical (unpaired) electrons. The number of rotatable bonds is 9. The number of hydrogen-bond acceptors (Lipinski definition) is 5. The predicted molar refractivity (Wildman–Crippen MR) is 98.0 cm³/mol. The number of nitrogens with zero attached hydrogens (tertiary/aromatic N) is 1. The third-order valence-electron chi connectivity index (χ3n) is 3.74. The molecule has 0 saturated heterocycles. The van der Waals surface area contributed by atoms with E-state index in [-0.39, 0.29) is 6.61 Å². The van der Waals surface area contributed by atoms with Gasteiger partial charge in [-0.1, -0.05) is 24.3 Å². The van der Waals surface area contributed by atoms with Crippen LogP contribution in [0.5, 0.6) is 0 Å². The van der Waals surface area contributed by atoms with Gasteiger partial charge in [-0.25, -0.2) is 13.1 Å². The van der Waals surface area contributed by atoms with E-state index in [1.807, 2.05) is 43.3 Å². The SMILES string of the molecule is CN(C)c1cccc2c(S(=O)(=O)NCCNCCCO)cccc12. The Balaban J connectivity index is 2.20. The summed E-state index contributed by atoms with van der Waals surface area (Å²) in [6.07, 6.45) is 0.656. The molecule has 24 heavy (non-hydrogen) atoms. The number of sulfonamides is 1. The van der Waals surface area contributed by atoms with E-state index in [9.17, 15) is 8.42 Å². The van der Waals surface area contributed by atoms with Crippen molar-refractivity contribution in [3.63, 3.8) is 0 Å². The van der Waals surface area contributed by atoms with Crippen molar-refractivity contribution in [2.24, 2.45) is 0 Å². The van der Waals surface area contributed by atoms with Crippen molar-refractivity contribution in [2.75, 3.05) is 45.2 Å². The van der Waals surface area contributed by atoms with Gasteiger partial charge in [0, 0.05) is 50.3 Å². The van der Waals surface area contributed by atoms with E-state index in [0.29, 0.717) is 36.3 Å². The standard InChI is InChI=1S/C17H25N3O3S/c1-20(2)16-8-3-7-15-14(16)6-4-9-17(15)24(22,23)19-12-11-18-10-5-13-21/h3-4,6-9,18-19,21H,5,10-13H2,1-2H3.